The standard InChI is InChI=1S/C22H22ClN7O/c1-16-14-28(22-13-18(23)5-6-21(22)30-26-9-10-27-30)20(15-31-16)12-17-3-2-4-19(11-17)29-24-7-8-25-29/h2-11,13,16,20H,12,14-15H2,1H3/t16-,20-/m1/s1. The predicted octanol–water partition coefficient (Wildman–Crippen LogP) is 3.34. The number of hydrogen-bond acceptors (Lipinski definition) is 6. The van der Waals surface area contributed by atoms with Gasteiger partial charge in [0.05, 0.1) is 54.9 Å². The van der Waals surface area contributed by atoms with Gasteiger partial charge >= 0.3 is 0 Å². The van der Waals surface area contributed by atoms with Gasteiger partial charge in [-0.05, 0) is 49.2 Å². The highest BCUT2D eigenvalue weighted by Gasteiger charge is 2.29. The number of ether oxygens (including phenoxy) is 1. The first-order valence-corrected chi connectivity index (χ1v) is 10.6. The molecule has 8 nitrogen and oxygen atoms in total. The summed E-state index contributed by atoms with van der Waals surface area (Å²) in [5.41, 5.74) is 4.00. The SMILES string of the molecule is C[C@@H]1CN(c2cc(Cl)ccc2-n2nccn2)[C@H](Cc2cccc(-n3nccn3)c2)CO1. The van der Waals surface area contributed by atoms with E-state index in [-0.39, 0.29) is 12.1 Å². The average Bonchev–Trinajstić information content (AvgIpc) is 3.50. The summed E-state index contributed by atoms with van der Waals surface area (Å²) in [6, 6.07) is 14.2. The molecule has 31 heavy (non-hydrogen) atoms. The Labute approximate surface area is 185 Å². The van der Waals surface area contributed by atoms with Gasteiger partial charge in [-0.25, -0.2) is 0 Å². The zero-order valence-electron chi connectivity index (χ0n) is 17.0. The molecule has 0 unspecified atom stereocenters. The molecule has 2 atom stereocenters. The molecule has 1 fully saturated rings. The van der Waals surface area contributed by atoms with E-state index >= 15 is 0 Å². The Hall–Kier alpha value is -3.23. The molecule has 1 aliphatic rings. The van der Waals surface area contributed by atoms with E-state index in [1.807, 2.05) is 30.3 Å². The Morgan fingerprint density at radius 1 is 0.935 bits per heavy atom. The molecule has 9 heteroatoms. The molecule has 3 heterocycles. The number of hydrogen-bond donors (Lipinski definition) is 0. The third-order valence-electron chi connectivity index (χ3n) is 5.38. The fourth-order valence-corrected chi connectivity index (χ4v) is 4.14. The van der Waals surface area contributed by atoms with Gasteiger partial charge in [-0.3, -0.25) is 0 Å². The van der Waals surface area contributed by atoms with Crippen LogP contribution in [0.25, 0.3) is 11.4 Å². The molecule has 0 amide bonds. The van der Waals surface area contributed by atoms with Crippen molar-refractivity contribution in [3.05, 3.63) is 77.8 Å². The first-order valence-electron chi connectivity index (χ1n) is 10.2. The Kier molecular flexibility index (Phi) is 5.40. The summed E-state index contributed by atoms with van der Waals surface area (Å²) in [5, 5.41) is 17.8. The van der Waals surface area contributed by atoms with Crippen LogP contribution in [-0.4, -0.2) is 55.3 Å². The number of anilines is 1. The maximum absolute atomic E-state index is 6.39. The quantitative estimate of drug-likeness (QED) is 0.478. The second-order valence-electron chi connectivity index (χ2n) is 7.59. The van der Waals surface area contributed by atoms with Crippen molar-refractivity contribution in [1.29, 1.82) is 0 Å². The van der Waals surface area contributed by atoms with Crippen LogP contribution < -0.4 is 4.90 Å². The van der Waals surface area contributed by atoms with E-state index in [2.05, 4.69) is 44.4 Å². The van der Waals surface area contributed by atoms with Crippen LogP contribution in [-0.2, 0) is 11.2 Å². The van der Waals surface area contributed by atoms with Crippen molar-refractivity contribution in [2.45, 2.75) is 25.5 Å². The fourth-order valence-electron chi connectivity index (χ4n) is 3.97. The monoisotopic (exact) mass is 435 g/mol. The Bertz CT molecular complexity index is 1150. The van der Waals surface area contributed by atoms with Gasteiger partial charge in [0.25, 0.3) is 0 Å². The van der Waals surface area contributed by atoms with Crippen LogP contribution in [0.15, 0.2) is 67.3 Å². The molecule has 2 aromatic heterocycles. The van der Waals surface area contributed by atoms with Gasteiger partial charge in [0.2, 0.25) is 0 Å². The van der Waals surface area contributed by atoms with Crippen LogP contribution in [0.2, 0.25) is 5.02 Å². The predicted molar refractivity (Wildman–Crippen MR) is 118 cm³/mol. The van der Waals surface area contributed by atoms with Crippen LogP contribution in [0.4, 0.5) is 5.69 Å². The van der Waals surface area contributed by atoms with E-state index in [4.69, 9.17) is 16.3 Å². The van der Waals surface area contributed by atoms with Crippen molar-refractivity contribution in [1.82, 2.24) is 30.0 Å². The molecule has 5 rings (SSSR count). The first-order chi connectivity index (χ1) is 15.2. The summed E-state index contributed by atoms with van der Waals surface area (Å²) >= 11 is 6.39. The van der Waals surface area contributed by atoms with E-state index in [9.17, 15) is 0 Å². The lowest BCUT2D eigenvalue weighted by Gasteiger charge is -2.41. The molecule has 0 spiro atoms. The second kappa shape index (κ2) is 8.49. The maximum Gasteiger partial charge on any atom is 0.109 e. The highest BCUT2D eigenvalue weighted by molar-refractivity contribution is 6.31. The molecular weight excluding hydrogens is 414 g/mol. The number of morpholine rings is 1. The molecule has 2 aromatic carbocycles. The number of benzene rings is 2. The third-order valence-corrected chi connectivity index (χ3v) is 5.62. The summed E-state index contributed by atoms with van der Waals surface area (Å²) in [5.74, 6) is 0. The van der Waals surface area contributed by atoms with Crippen molar-refractivity contribution < 1.29 is 4.74 Å². The molecular formula is C22H22ClN7O. The summed E-state index contributed by atoms with van der Waals surface area (Å²) in [4.78, 5) is 5.61. The minimum absolute atomic E-state index is 0.105. The number of aromatic nitrogens is 6. The van der Waals surface area contributed by atoms with Gasteiger partial charge in [0.1, 0.15) is 5.69 Å². The minimum atomic E-state index is 0.105. The lowest BCUT2D eigenvalue weighted by atomic mass is 10.0. The van der Waals surface area contributed by atoms with Gasteiger partial charge in [0, 0.05) is 11.6 Å². The Balaban J connectivity index is 1.49. The molecule has 0 saturated carbocycles. The van der Waals surface area contributed by atoms with Crippen molar-refractivity contribution in [3.63, 3.8) is 0 Å². The van der Waals surface area contributed by atoms with Gasteiger partial charge < -0.3 is 9.64 Å². The second-order valence-corrected chi connectivity index (χ2v) is 8.03. The number of nitrogens with zero attached hydrogens (tertiary/aromatic N) is 7. The molecule has 4 aromatic rings. The number of rotatable bonds is 5. The third kappa shape index (κ3) is 4.17. The smallest absolute Gasteiger partial charge is 0.109 e. The van der Waals surface area contributed by atoms with Crippen LogP contribution in [0.3, 0.4) is 0 Å². The first kappa shape index (κ1) is 19.7. The fraction of sp³-hybridized carbons (Fsp3) is 0.273. The molecule has 0 N–H and O–H groups in total. The number of halogens is 1. The summed E-state index contributed by atoms with van der Waals surface area (Å²) < 4.78 is 6.04. The van der Waals surface area contributed by atoms with E-state index in [1.165, 1.54) is 5.56 Å². The summed E-state index contributed by atoms with van der Waals surface area (Å²) in [7, 11) is 0. The highest BCUT2D eigenvalue weighted by atomic mass is 35.5. The van der Waals surface area contributed by atoms with Crippen LogP contribution >= 0.6 is 11.6 Å². The Morgan fingerprint density at radius 3 is 2.45 bits per heavy atom. The molecule has 0 radical (unpaired) electrons. The highest BCUT2D eigenvalue weighted by Crippen LogP contribution is 2.32. The zero-order valence-corrected chi connectivity index (χ0v) is 17.8. The maximum atomic E-state index is 6.39. The minimum Gasteiger partial charge on any atom is -0.375 e. The van der Waals surface area contributed by atoms with E-state index in [1.54, 1.807) is 34.4 Å². The van der Waals surface area contributed by atoms with Crippen molar-refractivity contribution >= 4 is 17.3 Å². The van der Waals surface area contributed by atoms with E-state index in [0.29, 0.717) is 11.6 Å². The topological polar surface area (TPSA) is 73.9 Å². The van der Waals surface area contributed by atoms with Gasteiger partial charge in [-0.2, -0.15) is 25.2 Å². The van der Waals surface area contributed by atoms with Crippen LogP contribution in [0.5, 0.6) is 0 Å². The molecule has 1 aliphatic heterocycles. The van der Waals surface area contributed by atoms with E-state index < -0.39 is 0 Å². The normalized spacial score (nSPS) is 19.0. The lowest BCUT2D eigenvalue weighted by Crippen LogP contribution is -2.50. The van der Waals surface area contributed by atoms with Gasteiger partial charge in [0.15, 0.2) is 0 Å². The molecule has 0 bridgehead atoms. The molecule has 1 saturated heterocycles. The largest absolute Gasteiger partial charge is 0.375 e. The van der Waals surface area contributed by atoms with Crippen LogP contribution in [0, 0.1) is 0 Å². The van der Waals surface area contributed by atoms with Crippen molar-refractivity contribution in [2.24, 2.45) is 0 Å². The Morgan fingerprint density at radius 2 is 1.68 bits per heavy atom. The summed E-state index contributed by atoms with van der Waals surface area (Å²) in [6.07, 6.45) is 7.61. The van der Waals surface area contributed by atoms with Gasteiger partial charge in [-0.1, -0.05) is 23.7 Å². The van der Waals surface area contributed by atoms with Crippen LogP contribution in [0.1, 0.15) is 12.5 Å². The molecule has 158 valence electrons. The van der Waals surface area contributed by atoms with Gasteiger partial charge in [-0.15, -0.1) is 4.80 Å². The van der Waals surface area contributed by atoms with Crippen molar-refractivity contribution in [3.8, 4) is 11.4 Å². The van der Waals surface area contributed by atoms with Crippen molar-refractivity contribution in [2.75, 3.05) is 18.1 Å². The lowest BCUT2D eigenvalue weighted by molar-refractivity contribution is 0.0307. The van der Waals surface area contributed by atoms with E-state index in [0.717, 1.165) is 30.0 Å². The zero-order chi connectivity index (χ0) is 21.2. The average molecular weight is 436 g/mol. The summed E-state index contributed by atoms with van der Waals surface area (Å²) in [6.45, 7) is 3.45. The molecule has 0 aliphatic carbocycles.